The van der Waals surface area contributed by atoms with E-state index in [1.807, 2.05) is 30.3 Å². The van der Waals surface area contributed by atoms with Crippen molar-refractivity contribution < 1.29 is 14.5 Å². The first kappa shape index (κ1) is 14.5. The molecule has 0 atom stereocenters. The Morgan fingerprint density at radius 1 is 1.24 bits per heavy atom. The maximum atomic E-state index is 11.7. The quantitative estimate of drug-likeness (QED) is 0.352. The van der Waals surface area contributed by atoms with Crippen LogP contribution in [0, 0.1) is 10.1 Å². The van der Waals surface area contributed by atoms with E-state index in [2.05, 4.69) is 6.58 Å². The molecule has 0 spiro atoms. The molecule has 21 heavy (non-hydrogen) atoms. The van der Waals surface area contributed by atoms with Crippen LogP contribution in [-0.2, 0) is 6.61 Å². The standard InChI is InChI=1S/C16H13NO4/c1-2-16(18)14-10-13(8-9-15(14)17(19)20)21-11-12-6-4-3-5-7-12/h2-10H,1,11H2. The Bertz CT molecular complexity index is 680. The number of nitro groups is 1. The maximum Gasteiger partial charge on any atom is 0.280 e. The van der Waals surface area contributed by atoms with Crippen LogP contribution in [0.3, 0.4) is 0 Å². The van der Waals surface area contributed by atoms with Gasteiger partial charge in [0.1, 0.15) is 17.9 Å². The van der Waals surface area contributed by atoms with Gasteiger partial charge in [0, 0.05) is 6.07 Å². The molecule has 0 saturated heterocycles. The number of nitro benzene ring substituents is 1. The molecule has 0 bridgehead atoms. The molecular formula is C16H13NO4. The van der Waals surface area contributed by atoms with Crippen molar-refractivity contribution in [1.29, 1.82) is 0 Å². The minimum Gasteiger partial charge on any atom is -0.489 e. The minimum atomic E-state index is -0.599. The van der Waals surface area contributed by atoms with Crippen LogP contribution < -0.4 is 4.74 Å². The van der Waals surface area contributed by atoms with Gasteiger partial charge in [-0.05, 0) is 23.8 Å². The highest BCUT2D eigenvalue weighted by atomic mass is 16.6. The smallest absolute Gasteiger partial charge is 0.280 e. The zero-order chi connectivity index (χ0) is 15.2. The fourth-order valence-electron chi connectivity index (χ4n) is 1.81. The number of carbonyl (C=O) groups excluding carboxylic acids is 1. The maximum absolute atomic E-state index is 11.7. The second kappa shape index (κ2) is 6.47. The molecule has 0 aliphatic rings. The van der Waals surface area contributed by atoms with E-state index in [0.717, 1.165) is 11.6 Å². The molecule has 0 saturated carbocycles. The second-order valence-corrected chi connectivity index (χ2v) is 4.28. The molecule has 5 heteroatoms. The van der Waals surface area contributed by atoms with E-state index < -0.39 is 10.7 Å². The van der Waals surface area contributed by atoms with Gasteiger partial charge in [-0.25, -0.2) is 0 Å². The summed E-state index contributed by atoms with van der Waals surface area (Å²) in [6, 6.07) is 13.6. The molecule has 5 nitrogen and oxygen atoms in total. The van der Waals surface area contributed by atoms with E-state index in [1.165, 1.54) is 18.2 Å². The molecule has 0 aliphatic carbocycles. The summed E-state index contributed by atoms with van der Waals surface area (Å²) in [7, 11) is 0. The van der Waals surface area contributed by atoms with Gasteiger partial charge in [0.05, 0.1) is 4.92 Å². The van der Waals surface area contributed by atoms with Gasteiger partial charge in [-0.1, -0.05) is 36.9 Å². The SMILES string of the molecule is C=CC(=O)c1cc(OCc2ccccc2)ccc1[N+](=O)[O-]. The zero-order valence-electron chi connectivity index (χ0n) is 11.2. The van der Waals surface area contributed by atoms with Gasteiger partial charge in [0.15, 0.2) is 5.78 Å². The summed E-state index contributed by atoms with van der Waals surface area (Å²) in [5.74, 6) is -0.110. The molecule has 0 unspecified atom stereocenters. The summed E-state index contributed by atoms with van der Waals surface area (Å²) >= 11 is 0. The first-order valence-electron chi connectivity index (χ1n) is 6.23. The van der Waals surface area contributed by atoms with E-state index in [-0.39, 0.29) is 11.3 Å². The molecule has 0 N–H and O–H groups in total. The van der Waals surface area contributed by atoms with Crippen molar-refractivity contribution in [2.45, 2.75) is 6.61 Å². The summed E-state index contributed by atoms with van der Waals surface area (Å²) in [6.45, 7) is 3.67. The normalized spacial score (nSPS) is 9.90. The summed E-state index contributed by atoms with van der Waals surface area (Å²) < 4.78 is 5.55. The number of allylic oxidation sites excluding steroid dienone is 1. The van der Waals surface area contributed by atoms with Gasteiger partial charge in [-0.15, -0.1) is 0 Å². The number of hydrogen-bond donors (Lipinski definition) is 0. The lowest BCUT2D eigenvalue weighted by Gasteiger charge is -2.07. The van der Waals surface area contributed by atoms with Crippen molar-refractivity contribution in [2.24, 2.45) is 0 Å². The predicted molar refractivity (Wildman–Crippen MR) is 78.4 cm³/mol. The third-order valence-electron chi connectivity index (χ3n) is 2.86. The van der Waals surface area contributed by atoms with Crippen molar-refractivity contribution in [2.75, 3.05) is 0 Å². The molecule has 0 amide bonds. The second-order valence-electron chi connectivity index (χ2n) is 4.28. The van der Waals surface area contributed by atoms with Crippen molar-refractivity contribution in [3.63, 3.8) is 0 Å². The van der Waals surface area contributed by atoms with Crippen LogP contribution in [-0.4, -0.2) is 10.7 Å². The third-order valence-corrected chi connectivity index (χ3v) is 2.86. The number of ether oxygens (including phenoxy) is 1. The van der Waals surface area contributed by atoms with Crippen LogP contribution >= 0.6 is 0 Å². The average Bonchev–Trinajstić information content (AvgIpc) is 2.52. The number of benzene rings is 2. The van der Waals surface area contributed by atoms with Crippen molar-refractivity contribution >= 4 is 11.5 Å². The van der Waals surface area contributed by atoms with Gasteiger partial charge in [-0.3, -0.25) is 14.9 Å². The van der Waals surface area contributed by atoms with Crippen LogP contribution in [0.25, 0.3) is 0 Å². The lowest BCUT2D eigenvalue weighted by atomic mass is 10.1. The van der Waals surface area contributed by atoms with Crippen LogP contribution in [0.4, 0.5) is 5.69 Å². The third kappa shape index (κ3) is 3.54. The van der Waals surface area contributed by atoms with Crippen LogP contribution in [0.5, 0.6) is 5.75 Å². The van der Waals surface area contributed by atoms with E-state index >= 15 is 0 Å². The Morgan fingerprint density at radius 2 is 1.95 bits per heavy atom. The molecule has 0 aromatic heterocycles. The van der Waals surface area contributed by atoms with E-state index in [9.17, 15) is 14.9 Å². The number of carbonyl (C=O) groups is 1. The zero-order valence-corrected chi connectivity index (χ0v) is 11.2. The predicted octanol–water partition coefficient (Wildman–Crippen LogP) is 3.54. The Morgan fingerprint density at radius 3 is 2.57 bits per heavy atom. The molecule has 106 valence electrons. The van der Waals surface area contributed by atoms with Gasteiger partial charge in [-0.2, -0.15) is 0 Å². The Labute approximate surface area is 121 Å². The molecule has 2 aromatic rings. The first-order valence-corrected chi connectivity index (χ1v) is 6.23. The summed E-state index contributed by atoms with van der Waals surface area (Å²) in [5, 5.41) is 10.9. The fourth-order valence-corrected chi connectivity index (χ4v) is 1.81. The largest absolute Gasteiger partial charge is 0.489 e. The highest BCUT2D eigenvalue weighted by Gasteiger charge is 2.19. The van der Waals surface area contributed by atoms with Gasteiger partial charge in [0.25, 0.3) is 5.69 Å². The molecule has 0 fully saturated rings. The van der Waals surface area contributed by atoms with Crippen LogP contribution in [0.15, 0.2) is 61.2 Å². The van der Waals surface area contributed by atoms with Crippen molar-refractivity contribution in [1.82, 2.24) is 0 Å². The highest BCUT2D eigenvalue weighted by Crippen LogP contribution is 2.25. The molecule has 2 rings (SSSR count). The number of ketones is 1. The van der Waals surface area contributed by atoms with Gasteiger partial charge in [0.2, 0.25) is 0 Å². The molecule has 2 aromatic carbocycles. The number of hydrogen-bond acceptors (Lipinski definition) is 4. The molecule has 0 radical (unpaired) electrons. The Balaban J connectivity index is 2.23. The first-order chi connectivity index (χ1) is 10.1. The fraction of sp³-hybridized carbons (Fsp3) is 0.0625. The molecule has 0 heterocycles. The van der Waals surface area contributed by atoms with E-state index in [1.54, 1.807) is 0 Å². The highest BCUT2D eigenvalue weighted by molar-refractivity contribution is 6.07. The Hall–Kier alpha value is -2.95. The van der Waals surface area contributed by atoms with E-state index in [0.29, 0.717) is 12.4 Å². The topological polar surface area (TPSA) is 69.4 Å². The van der Waals surface area contributed by atoms with Gasteiger partial charge < -0.3 is 4.74 Å². The minimum absolute atomic E-state index is 0.0273. The molecular weight excluding hydrogens is 270 g/mol. The van der Waals surface area contributed by atoms with Crippen molar-refractivity contribution in [3.8, 4) is 5.75 Å². The number of nitrogens with zero attached hydrogens (tertiary/aromatic N) is 1. The summed E-state index contributed by atoms with van der Waals surface area (Å²) in [5.41, 5.74) is 0.681. The van der Waals surface area contributed by atoms with E-state index in [4.69, 9.17) is 4.74 Å². The summed E-state index contributed by atoms with van der Waals surface area (Å²) in [6.07, 6.45) is 1.04. The Kier molecular flexibility index (Phi) is 4.46. The van der Waals surface area contributed by atoms with Crippen LogP contribution in [0.2, 0.25) is 0 Å². The lowest BCUT2D eigenvalue weighted by Crippen LogP contribution is -2.02. The van der Waals surface area contributed by atoms with Crippen molar-refractivity contribution in [3.05, 3.63) is 82.4 Å². The lowest BCUT2D eigenvalue weighted by molar-refractivity contribution is -0.385. The monoisotopic (exact) mass is 283 g/mol. The average molecular weight is 283 g/mol. The summed E-state index contributed by atoms with van der Waals surface area (Å²) in [4.78, 5) is 22.0. The van der Waals surface area contributed by atoms with Gasteiger partial charge >= 0.3 is 0 Å². The molecule has 0 aliphatic heterocycles. The van der Waals surface area contributed by atoms with Crippen LogP contribution in [0.1, 0.15) is 15.9 Å². The number of rotatable bonds is 6.